The van der Waals surface area contributed by atoms with Crippen molar-refractivity contribution in [2.75, 3.05) is 18.5 Å². The highest BCUT2D eigenvalue weighted by Crippen LogP contribution is 2.25. The molecule has 0 spiro atoms. The minimum absolute atomic E-state index is 0.0501. The number of carbonyl (C=O) groups is 2. The third-order valence-corrected chi connectivity index (χ3v) is 5.45. The van der Waals surface area contributed by atoms with Crippen molar-refractivity contribution in [1.29, 1.82) is 0 Å². The second-order valence-corrected chi connectivity index (χ2v) is 9.44. The Kier molecular flexibility index (Phi) is 7.95. The molecule has 1 fully saturated rings. The van der Waals surface area contributed by atoms with Gasteiger partial charge in [0.05, 0.1) is 25.0 Å². The average molecular weight is 488 g/mol. The number of aliphatic hydroxyl groups excluding tert-OH is 1. The van der Waals surface area contributed by atoms with Gasteiger partial charge in [0, 0.05) is 18.8 Å². The number of nitrogens with two attached hydrogens (primary N) is 1. The van der Waals surface area contributed by atoms with E-state index >= 15 is 0 Å². The molecule has 0 radical (unpaired) electrons. The number of aromatic amines is 1. The van der Waals surface area contributed by atoms with E-state index in [0.29, 0.717) is 30.8 Å². The molecule has 0 bridgehead atoms. The number of anilines is 2. The van der Waals surface area contributed by atoms with Crippen LogP contribution in [0.4, 0.5) is 16.3 Å². The predicted molar refractivity (Wildman–Crippen MR) is 130 cm³/mol. The summed E-state index contributed by atoms with van der Waals surface area (Å²) in [7, 11) is 0. The third kappa shape index (κ3) is 6.69. The molecule has 0 aliphatic carbocycles. The van der Waals surface area contributed by atoms with Crippen LogP contribution in [0.15, 0.2) is 23.3 Å². The second kappa shape index (κ2) is 10.7. The molecule has 0 saturated carbocycles. The number of hydrogen-bond acceptors (Lipinski definition) is 8. The van der Waals surface area contributed by atoms with Gasteiger partial charge in [-0.3, -0.25) is 14.3 Å². The molecule has 3 rings (SSSR count). The lowest BCUT2D eigenvalue weighted by Gasteiger charge is -2.28. The van der Waals surface area contributed by atoms with Crippen molar-refractivity contribution < 1.29 is 19.4 Å². The number of nitrogens with one attached hydrogen (secondary N) is 2. The zero-order chi connectivity index (χ0) is 25.8. The number of likely N-dealkylation sites (tertiary alicyclic amines) is 1. The Hall–Kier alpha value is -3.67. The Labute approximate surface area is 203 Å². The molecular formula is C23H33N7O5. The fourth-order valence-corrected chi connectivity index (χ4v) is 3.83. The molecule has 5 N–H and O–H groups in total. The number of ether oxygens (including phenoxy) is 1. The Morgan fingerprint density at radius 3 is 2.77 bits per heavy atom. The van der Waals surface area contributed by atoms with Gasteiger partial charge < -0.3 is 30.8 Å². The first-order valence-electron chi connectivity index (χ1n) is 11.5. The van der Waals surface area contributed by atoms with E-state index in [9.17, 15) is 14.4 Å². The number of hydrogen-bond donors (Lipinski definition) is 4. The fraction of sp³-hybridized carbons (Fsp3) is 0.522. The van der Waals surface area contributed by atoms with Gasteiger partial charge in [0.1, 0.15) is 17.1 Å². The molecular weight excluding hydrogens is 454 g/mol. The molecule has 12 heteroatoms. The molecule has 12 nitrogen and oxygen atoms in total. The summed E-state index contributed by atoms with van der Waals surface area (Å²) in [5.74, 6) is -0.762. The zero-order valence-corrected chi connectivity index (χ0v) is 20.5. The quantitative estimate of drug-likeness (QED) is 0.438. The predicted octanol–water partition coefficient (Wildman–Crippen LogP) is 1.99. The van der Waals surface area contributed by atoms with Crippen molar-refractivity contribution in [3.63, 3.8) is 0 Å². The highest BCUT2D eigenvalue weighted by molar-refractivity contribution is 5.96. The second-order valence-electron chi connectivity index (χ2n) is 9.44. The van der Waals surface area contributed by atoms with E-state index in [1.54, 1.807) is 18.0 Å². The highest BCUT2D eigenvalue weighted by atomic mass is 16.6. The fourth-order valence-electron chi connectivity index (χ4n) is 3.83. The molecule has 2 amide bonds. The number of aromatic nitrogens is 4. The molecule has 3 heterocycles. The number of allylic oxidation sites excluding steroid dienone is 1. The number of primary amides is 1. The molecule has 2 aromatic heterocycles. The topological polar surface area (TPSA) is 168 Å². The van der Waals surface area contributed by atoms with Gasteiger partial charge in [0.2, 0.25) is 0 Å². The average Bonchev–Trinajstić information content (AvgIpc) is 3.40. The van der Waals surface area contributed by atoms with E-state index in [4.69, 9.17) is 15.6 Å². The first-order valence-corrected chi connectivity index (χ1v) is 11.5. The Balaban J connectivity index is 1.79. The number of amides is 2. The molecule has 0 aromatic carbocycles. The van der Waals surface area contributed by atoms with Crippen LogP contribution in [0.2, 0.25) is 0 Å². The Morgan fingerprint density at radius 1 is 1.37 bits per heavy atom. The smallest absolute Gasteiger partial charge is 0.410 e. The van der Waals surface area contributed by atoms with Crippen molar-refractivity contribution in [3.05, 3.63) is 40.2 Å². The molecule has 190 valence electrons. The van der Waals surface area contributed by atoms with E-state index in [1.165, 1.54) is 10.9 Å². The number of rotatable bonds is 8. The summed E-state index contributed by atoms with van der Waals surface area (Å²) < 4.78 is 7.01. The molecule has 35 heavy (non-hydrogen) atoms. The van der Waals surface area contributed by atoms with Crippen LogP contribution in [0.1, 0.15) is 63.1 Å². The van der Waals surface area contributed by atoms with Gasteiger partial charge in [0.15, 0.2) is 5.69 Å². The molecule has 1 aliphatic rings. The summed E-state index contributed by atoms with van der Waals surface area (Å²) in [5, 5.41) is 16.0. The van der Waals surface area contributed by atoms with Gasteiger partial charge in [-0.2, -0.15) is 5.10 Å². The van der Waals surface area contributed by atoms with Crippen molar-refractivity contribution >= 4 is 29.1 Å². The van der Waals surface area contributed by atoms with Crippen molar-refractivity contribution in [1.82, 2.24) is 24.6 Å². The van der Waals surface area contributed by atoms with E-state index < -0.39 is 17.1 Å². The van der Waals surface area contributed by atoms with Crippen LogP contribution < -0.4 is 16.6 Å². The maximum absolute atomic E-state index is 12.8. The first kappa shape index (κ1) is 25.9. The lowest BCUT2D eigenvalue weighted by molar-refractivity contribution is 0.0228. The monoisotopic (exact) mass is 487 g/mol. The van der Waals surface area contributed by atoms with Crippen LogP contribution in [0.25, 0.3) is 5.57 Å². The van der Waals surface area contributed by atoms with Crippen LogP contribution in [0.3, 0.4) is 0 Å². The Bertz CT molecular complexity index is 1160. The van der Waals surface area contributed by atoms with E-state index in [1.807, 2.05) is 26.8 Å². The summed E-state index contributed by atoms with van der Waals surface area (Å²) >= 11 is 0. The summed E-state index contributed by atoms with van der Waals surface area (Å²) in [6.07, 6.45) is 6.79. The summed E-state index contributed by atoms with van der Waals surface area (Å²) in [4.78, 5) is 46.0. The van der Waals surface area contributed by atoms with E-state index in [-0.39, 0.29) is 35.9 Å². The summed E-state index contributed by atoms with van der Waals surface area (Å²) in [6, 6.07) is -0.0501. The van der Waals surface area contributed by atoms with E-state index in [0.717, 1.165) is 12.8 Å². The minimum atomic E-state index is -0.813. The van der Waals surface area contributed by atoms with Crippen LogP contribution in [0.5, 0.6) is 0 Å². The van der Waals surface area contributed by atoms with Crippen molar-refractivity contribution in [2.45, 2.75) is 65.1 Å². The standard InChI is InChI=1S/C23H33N7O5/c1-14(7-8-16-6-5-9-30(16)22(34)35-23(2,3)4)17-21(33)28-20(18(27-17)19(24)32)26-15-12-25-29(13-15)10-11-31/h7,12-13,16,31H,5-6,8-11H2,1-4H3,(H2,24,32)(H2,26,28,33)/b14-7-. The maximum atomic E-state index is 12.8. The van der Waals surface area contributed by atoms with Gasteiger partial charge >= 0.3 is 6.09 Å². The molecule has 1 saturated heterocycles. The van der Waals surface area contributed by atoms with Crippen LogP contribution in [-0.4, -0.2) is 66.5 Å². The lowest BCUT2D eigenvalue weighted by atomic mass is 10.1. The zero-order valence-electron chi connectivity index (χ0n) is 20.5. The minimum Gasteiger partial charge on any atom is -0.444 e. The van der Waals surface area contributed by atoms with Gasteiger partial charge in [0.25, 0.3) is 11.5 Å². The number of H-pyrrole nitrogens is 1. The maximum Gasteiger partial charge on any atom is 0.410 e. The first-order chi connectivity index (χ1) is 16.5. The third-order valence-electron chi connectivity index (χ3n) is 5.45. The van der Waals surface area contributed by atoms with E-state index in [2.05, 4.69) is 20.4 Å². The van der Waals surface area contributed by atoms with Crippen LogP contribution in [0, 0.1) is 0 Å². The number of aliphatic hydroxyl groups is 1. The van der Waals surface area contributed by atoms with Gasteiger partial charge in [-0.25, -0.2) is 9.78 Å². The molecule has 2 aromatic rings. The summed E-state index contributed by atoms with van der Waals surface area (Å²) in [5.41, 5.74) is 5.44. The SMILES string of the molecule is C/C(=C/CC1CCCN1C(=O)OC(C)(C)C)c1nc(C(N)=O)c(Nc2cnn(CCO)c2)[nH]c1=O. The summed E-state index contributed by atoms with van der Waals surface area (Å²) in [6.45, 7) is 8.04. The highest BCUT2D eigenvalue weighted by Gasteiger charge is 2.31. The number of carbonyl (C=O) groups excluding carboxylic acids is 2. The van der Waals surface area contributed by atoms with Crippen molar-refractivity contribution in [3.8, 4) is 0 Å². The molecule has 1 atom stereocenters. The lowest BCUT2D eigenvalue weighted by Crippen LogP contribution is -2.39. The molecule has 1 aliphatic heterocycles. The normalized spacial score (nSPS) is 16.4. The van der Waals surface area contributed by atoms with Gasteiger partial charge in [-0.15, -0.1) is 0 Å². The van der Waals surface area contributed by atoms with Crippen LogP contribution >= 0.6 is 0 Å². The Morgan fingerprint density at radius 2 is 2.11 bits per heavy atom. The van der Waals surface area contributed by atoms with Crippen LogP contribution in [-0.2, 0) is 11.3 Å². The largest absolute Gasteiger partial charge is 0.444 e. The van der Waals surface area contributed by atoms with Gasteiger partial charge in [-0.1, -0.05) is 6.08 Å². The van der Waals surface area contributed by atoms with Crippen molar-refractivity contribution in [2.24, 2.45) is 5.73 Å². The van der Waals surface area contributed by atoms with Gasteiger partial charge in [-0.05, 0) is 52.5 Å². The molecule has 1 unspecified atom stereocenters. The number of nitrogens with zero attached hydrogens (tertiary/aromatic N) is 4.